The first-order valence-corrected chi connectivity index (χ1v) is 7.33. The van der Waals surface area contributed by atoms with Crippen LogP contribution in [0.15, 0.2) is 24.3 Å². The van der Waals surface area contributed by atoms with Gasteiger partial charge in [0.05, 0.1) is 30.6 Å². The van der Waals surface area contributed by atoms with E-state index >= 15 is 0 Å². The van der Waals surface area contributed by atoms with Crippen molar-refractivity contribution in [2.75, 3.05) is 26.3 Å². The Morgan fingerprint density at radius 2 is 1.63 bits per heavy atom. The summed E-state index contributed by atoms with van der Waals surface area (Å²) in [5.74, 6) is -0.224. The molecule has 0 aliphatic heterocycles. The highest BCUT2D eigenvalue weighted by atomic mass is 32.2. The van der Waals surface area contributed by atoms with E-state index in [1.165, 1.54) is 0 Å². The Hall–Kier alpha value is -1.46. The zero-order valence-electron chi connectivity index (χ0n) is 10.4. The molecule has 1 rings (SSSR count). The summed E-state index contributed by atoms with van der Waals surface area (Å²) in [7, 11) is -3.59. The summed E-state index contributed by atoms with van der Waals surface area (Å²) in [6.07, 6.45) is 0. The Kier molecular flexibility index (Phi) is 5.92. The van der Waals surface area contributed by atoms with Gasteiger partial charge in [0.15, 0.2) is 0 Å². The molecule has 0 aliphatic carbocycles. The van der Waals surface area contributed by atoms with Crippen LogP contribution in [0.2, 0.25) is 0 Å². The predicted molar refractivity (Wildman–Crippen MR) is 69.5 cm³/mol. The minimum atomic E-state index is -3.59. The molecule has 2 N–H and O–H groups in total. The third-order valence-corrected chi connectivity index (χ3v) is 4.37. The summed E-state index contributed by atoms with van der Waals surface area (Å²) in [6.45, 7) is -0.683. The number of hydrogen-bond donors (Lipinski definition) is 2. The van der Waals surface area contributed by atoms with Crippen LogP contribution >= 0.6 is 0 Å². The maximum absolute atomic E-state index is 12.1. The van der Waals surface area contributed by atoms with E-state index in [-0.39, 0.29) is 32.1 Å². The standard InChI is InChI=1S/C12H16N2O4S/c13-9-11-1-3-12(4-2-11)10-19(17,18)14(5-7-15)6-8-16/h1-4,15-16H,5-8,10H2. The summed E-state index contributed by atoms with van der Waals surface area (Å²) in [5.41, 5.74) is 1.02. The number of nitriles is 1. The fraction of sp³-hybridized carbons (Fsp3) is 0.417. The average molecular weight is 284 g/mol. The van der Waals surface area contributed by atoms with Crippen LogP contribution in [0, 0.1) is 11.3 Å². The van der Waals surface area contributed by atoms with E-state index in [2.05, 4.69) is 0 Å². The van der Waals surface area contributed by atoms with Crippen molar-refractivity contribution in [3.8, 4) is 6.07 Å². The fourth-order valence-electron chi connectivity index (χ4n) is 1.59. The summed E-state index contributed by atoms with van der Waals surface area (Å²) in [6, 6.07) is 8.20. The minimum Gasteiger partial charge on any atom is -0.395 e. The molecule has 0 spiro atoms. The molecule has 0 amide bonds. The zero-order valence-corrected chi connectivity index (χ0v) is 11.2. The molecule has 1 aromatic carbocycles. The highest BCUT2D eigenvalue weighted by Gasteiger charge is 2.21. The molecule has 19 heavy (non-hydrogen) atoms. The van der Waals surface area contributed by atoms with Crippen LogP contribution in [-0.4, -0.2) is 49.2 Å². The molecule has 0 aliphatic rings. The third-order valence-electron chi connectivity index (χ3n) is 2.52. The predicted octanol–water partition coefficient (Wildman–Crippen LogP) is -0.325. The van der Waals surface area contributed by atoms with E-state index in [4.69, 9.17) is 15.5 Å². The van der Waals surface area contributed by atoms with Crippen LogP contribution in [0.5, 0.6) is 0 Å². The van der Waals surface area contributed by atoms with Gasteiger partial charge in [-0.1, -0.05) is 12.1 Å². The maximum atomic E-state index is 12.1. The van der Waals surface area contributed by atoms with Crippen molar-refractivity contribution < 1.29 is 18.6 Å². The van der Waals surface area contributed by atoms with Crippen molar-refractivity contribution in [1.82, 2.24) is 4.31 Å². The van der Waals surface area contributed by atoms with E-state index in [1.54, 1.807) is 24.3 Å². The van der Waals surface area contributed by atoms with E-state index in [1.807, 2.05) is 6.07 Å². The number of nitrogens with zero attached hydrogens (tertiary/aromatic N) is 2. The molecule has 0 radical (unpaired) electrons. The lowest BCUT2D eigenvalue weighted by Crippen LogP contribution is -2.36. The van der Waals surface area contributed by atoms with Gasteiger partial charge in [-0.05, 0) is 17.7 Å². The van der Waals surface area contributed by atoms with Crippen molar-refractivity contribution in [3.63, 3.8) is 0 Å². The first-order chi connectivity index (χ1) is 9.03. The molecule has 0 aromatic heterocycles. The molecule has 7 heteroatoms. The van der Waals surface area contributed by atoms with E-state index in [9.17, 15) is 8.42 Å². The smallest absolute Gasteiger partial charge is 0.218 e. The molecular weight excluding hydrogens is 268 g/mol. The molecule has 0 atom stereocenters. The molecule has 0 fully saturated rings. The molecule has 0 bridgehead atoms. The van der Waals surface area contributed by atoms with E-state index in [0.717, 1.165) is 4.31 Å². The van der Waals surface area contributed by atoms with Gasteiger partial charge in [-0.3, -0.25) is 0 Å². The van der Waals surface area contributed by atoms with Crippen molar-refractivity contribution in [2.24, 2.45) is 0 Å². The average Bonchev–Trinajstić information content (AvgIpc) is 2.39. The summed E-state index contributed by atoms with van der Waals surface area (Å²) >= 11 is 0. The van der Waals surface area contributed by atoms with Gasteiger partial charge in [0, 0.05) is 13.1 Å². The molecular formula is C12H16N2O4S. The van der Waals surface area contributed by atoms with E-state index < -0.39 is 10.0 Å². The van der Waals surface area contributed by atoms with Crippen LogP contribution in [-0.2, 0) is 15.8 Å². The Balaban J connectivity index is 2.84. The van der Waals surface area contributed by atoms with Gasteiger partial charge in [-0.2, -0.15) is 9.57 Å². The van der Waals surface area contributed by atoms with Crippen molar-refractivity contribution >= 4 is 10.0 Å². The first-order valence-electron chi connectivity index (χ1n) is 5.72. The van der Waals surface area contributed by atoms with Gasteiger partial charge in [0.2, 0.25) is 10.0 Å². The quantitative estimate of drug-likeness (QED) is 0.714. The van der Waals surface area contributed by atoms with Crippen LogP contribution in [0.4, 0.5) is 0 Å². The summed E-state index contributed by atoms with van der Waals surface area (Å²) in [4.78, 5) is 0. The SMILES string of the molecule is N#Cc1ccc(CS(=O)(=O)N(CCO)CCO)cc1. The lowest BCUT2D eigenvalue weighted by molar-refractivity contribution is 0.217. The molecule has 1 aromatic rings. The lowest BCUT2D eigenvalue weighted by Gasteiger charge is -2.20. The van der Waals surface area contributed by atoms with Gasteiger partial charge >= 0.3 is 0 Å². The van der Waals surface area contributed by atoms with Crippen LogP contribution in [0.1, 0.15) is 11.1 Å². The minimum absolute atomic E-state index is 0.0425. The molecule has 6 nitrogen and oxygen atoms in total. The van der Waals surface area contributed by atoms with Crippen molar-refractivity contribution in [1.29, 1.82) is 5.26 Å². The van der Waals surface area contributed by atoms with Crippen LogP contribution < -0.4 is 0 Å². The normalized spacial score (nSPS) is 11.5. The topological polar surface area (TPSA) is 102 Å². The molecule has 0 saturated carbocycles. The molecule has 0 saturated heterocycles. The third kappa shape index (κ3) is 4.61. The van der Waals surface area contributed by atoms with Gasteiger partial charge in [0.25, 0.3) is 0 Å². The fourth-order valence-corrected chi connectivity index (χ4v) is 3.11. The van der Waals surface area contributed by atoms with Crippen molar-refractivity contribution in [2.45, 2.75) is 5.75 Å². The molecule has 0 heterocycles. The lowest BCUT2D eigenvalue weighted by atomic mass is 10.2. The van der Waals surface area contributed by atoms with E-state index in [0.29, 0.717) is 11.1 Å². The highest BCUT2D eigenvalue weighted by molar-refractivity contribution is 7.88. The largest absolute Gasteiger partial charge is 0.395 e. The highest BCUT2D eigenvalue weighted by Crippen LogP contribution is 2.11. The number of aliphatic hydroxyl groups excluding tert-OH is 2. The number of sulfonamides is 1. The van der Waals surface area contributed by atoms with Crippen molar-refractivity contribution in [3.05, 3.63) is 35.4 Å². The number of aliphatic hydroxyl groups is 2. The summed E-state index contributed by atoms with van der Waals surface area (Å²) < 4.78 is 25.2. The van der Waals surface area contributed by atoms with Crippen LogP contribution in [0.3, 0.4) is 0 Å². The number of benzene rings is 1. The second-order valence-electron chi connectivity index (χ2n) is 3.91. The Labute approximate surface area is 112 Å². The van der Waals surface area contributed by atoms with Gasteiger partial charge in [-0.25, -0.2) is 8.42 Å². The monoisotopic (exact) mass is 284 g/mol. The Bertz CT molecular complexity index is 528. The number of hydrogen-bond acceptors (Lipinski definition) is 5. The first kappa shape index (κ1) is 15.6. The molecule has 104 valence electrons. The summed E-state index contributed by atoms with van der Waals surface area (Å²) in [5, 5.41) is 26.3. The Morgan fingerprint density at radius 1 is 1.11 bits per heavy atom. The van der Waals surface area contributed by atoms with Gasteiger partial charge in [0.1, 0.15) is 0 Å². The molecule has 0 unspecified atom stereocenters. The van der Waals surface area contributed by atoms with Gasteiger partial charge < -0.3 is 10.2 Å². The number of rotatable bonds is 7. The second kappa shape index (κ2) is 7.21. The van der Waals surface area contributed by atoms with Gasteiger partial charge in [-0.15, -0.1) is 0 Å². The Morgan fingerprint density at radius 3 is 2.05 bits per heavy atom. The second-order valence-corrected chi connectivity index (χ2v) is 5.88. The maximum Gasteiger partial charge on any atom is 0.218 e. The van der Waals surface area contributed by atoms with Crippen LogP contribution in [0.25, 0.3) is 0 Å². The zero-order chi connectivity index (χ0) is 14.3.